The van der Waals surface area contributed by atoms with E-state index in [0.717, 1.165) is 32.1 Å². The Morgan fingerprint density at radius 3 is 2.00 bits per heavy atom. The number of hydrogen-bond donors (Lipinski definition) is 0. The molecule has 106 valence electrons. The standard InChI is InChI=1S/C16H30O2/c1-4-6-8-9-11-15(10-7-5-2)16(18)13-12-14(3)17/h15H,4-13H2,1-3H3. The van der Waals surface area contributed by atoms with Gasteiger partial charge in [-0.05, 0) is 19.8 Å². The number of carbonyl (C=O) groups is 2. The Bertz CT molecular complexity index is 233. The summed E-state index contributed by atoms with van der Waals surface area (Å²) in [7, 11) is 0. The highest BCUT2D eigenvalue weighted by molar-refractivity contribution is 5.86. The van der Waals surface area contributed by atoms with Crippen LogP contribution >= 0.6 is 0 Å². The summed E-state index contributed by atoms with van der Waals surface area (Å²) in [5.41, 5.74) is 0. The molecule has 1 unspecified atom stereocenters. The Hall–Kier alpha value is -0.660. The molecule has 2 nitrogen and oxygen atoms in total. The van der Waals surface area contributed by atoms with Crippen LogP contribution in [-0.2, 0) is 9.59 Å². The van der Waals surface area contributed by atoms with Crippen LogP contribution in [0.15, 0.2) is 0 Å². The van der Waals surface area contributed by atoms with Crippen molar-refractivity contribution in [1.82, 2.24) is 0 Å². The Morgan fingerprint density at radius 2 is 1.44 bits per heavy atom. The molecule has 0 amide bonds. The van der Waals surface area contributed by atoms with Crippen molar-refractivity contribution < 1.29 is 9.59 Å². The van der Waals surface area contributed by atoms with E-state index in [1.165, 1.54) is 19.3 Å². The van der Waals surface area contributed by atoms with Crippen molar-refractivity contribution in [2.24, 2.45) is 5.92 Å². The zero-order chi connectivity index (χ0) is 13.8. The highest BCUT2D eigenvalue weighted by atomic mass is 16.1. The van der Waals surface area contributed by atoms with E-state index in [0.29, 0.717) is 18.6 Å². The van der Waals surface area contributed by atoms with Crippen molar-refractivity contribution in [3.05, 3.63) is 0 Å². The van der Waals surface area contributed by atoms with Gasteiger partial charge < -0.3 is 4.79 Å². The molecule has 2 heteroatoms. The molecule has 0 bridgehead atoms. The first-order valence-corrected chi connectivity index (χ1v) is 7.63. The lowest BCUT2D eigenvalue weighted by molar-refractivity contribution is -0.126. The molecule has 1 atom stereocenters. The van der Waals surface area contributed by atoms with Crippen LogP contribution in [0.2, 0.25) is 0 Å². The second-order valence-corrected chi connectivity index (χ2v) is 5.36. The maximum absolute atomic E-state index is 12.1. The number of hydrogen-bond acceptors (Lipinski definition) is 2. The van der Waals surface area contributed by atoms with Crippen molar-refractivity contribution in [2.45, 2.75) is 85.0 Å². The predicted molar refractivity (Wildman–Crippen MR) is 76.7 cm³/mol. The summed E-state index contributed by atoms with van der Waals surface area (Å²) in [5.74, 6) is 0.653. The van der Waals surface area contributed by atoms with Gasteiger partial charge in [0, 0.05) is 18.8 Å². The predicted octanol–water partition coefficient (Wildman–Crippen LogP) is 4.70. The van der Waals surface area contributed by atoms with E-state index in [2.05, 4.69) is 13.8 Å². The zero-order valence-electron chi connectivity index (χ0n) is 12.5. The first-order chi connectivity index (χ1) is 8.61. The van der Waals surface area contributed by atoms with E-state index in [1.807, 2.05) is 0 Å². The van der Waals surface area contributed by atoms with Gasteiger partial charge in [0.05, 0.1) is 0 Å². The number of unbranched alkanes of at least 4 members (excludes halogenated alkanes) is 4. The van der Waals surface area contributed by atoms with Gasteiger partial charge in [0.15, 0.2) is 0 Å². The first kappa shape index (κ1) is 17.3. The average Bonchev–Trinajstić information content (AvgIpc) is 2.35. The minimum atomic E-state index is 0.128. The Labute approximate surface area is 113 Å². The van der Waals surface area contributed by atoms with Gasteiger partial charge in [-0.1, -0.05) is 52.4 Å². The van der Waals surface area contributed by atoms with Crippen molar-refractivity contribution >= 4 is 11.6 Å². The minimum Gasteiger partial charge on any atom is -0.300 e. The van der Waals surface area contributed by atoms with Gasteiger partial charge in [0.1, 0.15) is 11.6 Å². The van der Waals surface area contributed by atoms with Gasteiger partial charge in [0.2, 0.25) is 0 Å². The molecule has 0 N–H and O–H groups in total. The maximum atomic E-state index is 12.1. The number of Topliss-reactive ketones (excluding diaryl/α,β-unsaturated/α-hetero) is 2. The maximum Gasteiger partial charge on any atom is 0.136 e. The first-order valence-electron chi connectivity index (χ1n) is 7.63. The molecule has 0 radical (unpaired) electrons. The van der Waals surface area contributed by atoms with Crippen LogP contribution in [0, 0.1) is 5.92 Å². The van der Waals surface area contributed by atoms with Crippen LogP contribution in [0.25, 0.3) is 0 Å². The highest BCUT2D eigenvalue weighted by Gasteiger charge is 2.17. The summed E-state index contributed by atoms with van der Waals surface area (Å²) < 4.78 is 0. The molecule has 0 aromatic heterocycles. The SMILES string of the molecule is CCCCCCC(CCCC)C(=O)CCC(C)=O. The molecule has 0 saturated carbocycles. The van der Waals surface area contributed by atoms with Gasteiger partial charge in [-0.2, -0.15) is 0 Å². The van der Waals surface area contributed by atoms with Crippen LogP contribution in [0.3, 0.4) is 0 Å². The van der Waals surface area contributed by atoms with Gasteiger partial charge >= 0.3 is 0 Å². The third kappa shape index (κ3) is 9.38. The van der Waals surface area contributed by atoms with Gasteiger partial charge in [-0.15, -0.1) is 0 Å². The summed E-state index contributed by atoms with van der Waals surface area (Å²) in [6, 6.07) is 0. The molecule has 0 saturated heterocycles. The van der Waals surface area contributed by atoms with E-state index in [9.17, 15) is 9.59 Å². The average molecular weight is 254 g/mol. The van der Waals surface area contributed by atoms with Crippen LogP contribution in [0.5, 0.6) is 0 Å². The van der Waals surface area contributed by atoms with Crippen LogP contribution in [0.4, 0.5) is 0 Å². The van der Waals surface area contributed by atoms with Gasteiger partial charge in [0.25, 0.3) is 0 Å². The number of carbonyl (C=O) groups excluding carboxylic acids is 2. The van der Waals surface area contributed by atoms with E-state index in [4.69, 9.17) is 0 Å². The molecular formula is C16H30O2. The quantitative estimate of drug-likeness (QED) is 0.473. The fraction of sp³-hybridized carbons (Fsp3) is 0.875. The summed E-state index contributed by atoms with van der Waals surface area (Å²) >= 11 is 0. The molecule has 18 heavy (non-hydrogen) atoms. The lowest BCUT2D eigenvalue weighted by Gasteiger charge is -2.15. The normalized spacial score (nSPS) is 12.4. The van der Waals surface area contributed by atoms with Crippen LogP contribution in [0.1, 0.15) is 85.0 Å². The summed E-state index contributed by atoms with van der Waals surface area (Å²) in [5, 5.41) is 0. The lowest BCUT2D eigenvalue weighted by atomic mass is 9.89. The zero-order valence-corrected chi connectivity index (χ0v) is 12.5. The van der Waals surface area contributed by atoms with E-state index < -0.39 is 0 Å². The topological polar surface area (TPSA) is 34.1 Å². The van der Waals surface area contributed by atoms with E-state index in [1.54, 1.807) is 6.92 Å². The molecule has 0 aromatic carbocycles. The minimum absolute atomic E-state index is 0.128. The van der Waals surface area contributed by atoms with Gasteiger partial charge in [-0.3, -0.25) is 4.79 Å². The molecule has 0 spiro atoms. The number of ketones is 2. The van der Waals surface area contributed by atoms with Crippen molar-refractivity contribution in [2.75, 3.05) is 0 Å². The van der Waals surface area contributed by atoms with Crippen molar-refractivity contribution in [1.29, 1.82) is 0 Å². The molecule has 0 aromatic rings. The Kier molecular flexibility index (Phi) is 11.0. The largest absolute Gasteiger partial charge is 0.300 e. The van der Waals surface area contributed by atoms with E-state index >= 15 is 0 Å². The summed E-state index contributed by atoms with van der Waals surface area (Å²) in [6.45, 7) is 5.93. The smallest absolute Gasteiger partial charge is 0.136 e. The van der Waals surface area contributed by atoms with Gasteiger partial charge in [-0.25, -0.2) is 0 Å². The molecule has 0 aliphatic heterocycles. The van der Waals surface area contributed by atoms with E-state index in [-0.39, 0.29) is 11.7 Å². The van der Waals surface area contributed by atoms with Crippen LogP contribution < -0.4 is 0 Å². The Morgan fingerprint density at radius 1 is 0.833 bits per heavy atom. The lowest BCUT2D eigenvalue weighted by Crippen LogP contribution is -2.15. The molecule has 0 rings (SSSR count). The van der Waals surface area contributed by atoms with Crippen molar-refractivity contribution in [3.8, 4) is 0 Å². The fourth-order valence-electron chi connectivity index (χ4n) is 2.24. The highest BCUT2D eigenvalue weighted by Crippen LogP contribution is 2.20. The molecule has 0 fully saturated rings. The number of rotatable bonds is 12. The second-order valence-electron chi connectivity index (χ2n) is 5.36. The van der Waals surface area contributed by atoms with Crippen molar-refractivity contribution in [3.63, 3.8) is 0 Å². The summed E-state index contributed by atoms with van der Waals surface area (Å²) in [6.07, 6.45) is 10.1. The molecule has 0 aliphatic rings. The molecule has 0 heterocycles. The molecular weight excluding hydrogens is 224 g/mol. The Balaban J connectivity index is 4.02. The van der Waals surface area contributed by atoms with Crippen LogP contribution in [-0.4, -0.2) is 11.6 Å². The molecule has 0 aliphatic carbocycles. The second kappa shape index (κ2) is 11.4. The third-order valence-electron chi connectivity index (χ3n) is 3.49. The third-order valence-corrected chi connectivity index (χ3v) is 3.49. The summed E-state index contributed by atoms with van der Waals surface area (Å²) in [4.78, 5) is 23.0. The fourth-order valence-corrected chi connectivity index (χ4v) is 2.24. The monoisotopic (exact) mass is 254 g/mol.